The molecule has 0 aliphatic heterocycles. The molecule has 0 spiro atoms. The van der Waals surface area contributed by atoms with Gasteiger partial charge in [-0.3, -0.25) is 0 Å². The molecule has 0 saturated heterocycles. The number of anilines is 2. The average Bonchev–Trinajstić information content (AvgIpc) is 2.33. The number of pyridine rings is 1. The molecule has 1 aromatic heterocycles. The van der Waals surface area contributed by atoms with Crippen molar-refractivity contribution in [2.75, 3.05) is 12.4 Å². The number of nitrogens with one attached hydrogen (secondary N) is 1. The van der Waals surface area contributed by atoms with Gasteiger partial charge in [0, 0.05) is 11.9 Å². The molecule has 0 atom stereocenters. The molecule has 1 N–H and O–H groups in total. The average molecular weight is 214 g/mol. The van der Waals surface area contributed by atoms with E-state index in [1.54, 1.807) is 13.3 Å². The molecule has 1 aromatic carbocycles. The van der Waals surface area contributed by atoms with Crippen LogP contribution in [-0.2, 0) is 0 Å². The number of nitrogens with zero attached hydrogens (tertiary/aromatic N) is 1. The zero-order valence-electron chi connectivity index (χ0n) is 9.40. The van der Waals surface area contributed by atoms with Gasteiger partial charge in [0.1, 0.15) is 0 Å². The van der Waals surface area contributed by atoms with Crippen molar-refractivity contribution in [3.8, 4) is 5.75 Å². The predicted molar refractivity (Wildman–Crippen MR) is 65.3 cm³/mol. The number of rotatable bonds is 3. The molecule has 0 unspecified atom stereocenters. The highest BCUT2D eigenvalue weighted by Gasteiger charge is 2.04. The lowest BCUT2D eigenvalue weighted by molar-refractivity contribution is 0.415. The van der Waals surface area contributed by atoms with E-state index in [9.17, 15) is 0 Å². The van der Waals surface area contributed by atoms with Gasteiger partial charge in [0.15, 0.2) is 11.6 Å². The van der Waals surface area contributed by atoms with Crippen LogP contribution in [0.25, 0.3) is 0 Å². The Morgan fingerprint density at radius 3 is 2.69 bits per heavy atom. The summed E-state index contributed by atoms with van der Waals surface area (Å²) in [5, 5.41) is 3.26. The Kier molecular flexibility index (Phi) is 3.05. The summed E-state index contributed by atoms with van der Waals surface area (Å²) in [5.74, 6) is 1.48. The summed E-state index contributed by atoms with van der Waals surface area (Å²) < 4.78 is 5.23. The van der Waals surface area contributed by atoms with Crippen LogP contribution in [0.5, 0.6) is 5.75 Å². The molecule has 0 amide bonds. The lowest BCUT2D eigenvalue weighted by atomic mass is 10.2. The second kappa shape index (κ2) is 4.66. The minimum Gasteiger partial charge on any atom is -0.493 e. The minimum atomic E-state index is 0.735. The third kappa shape index (κ3) is 2.14. The van der Waals surface area contributed by atoms with Gasteiger partial charge in [-0.1, -0.05) is 18.2 Å². The van der Waals surface area contributed by atoms with Gasteiger partial charge >= 0.3 is 0 Å². The van der Waals surface area contributed by atoms with E-state index >= 15 is 0 Å². The first-order valence-electron chi connectivity index (χ1n) is 5.13. The Labute approximate surface area is 95.1 Å². The first kappa shape index (κ1) is 10.5. The fraction of sp³-hybridized carbons (Fsp3) is 0.154. The van der Waals surface area contributed by atoms with Gasteiger partial charge in [0.25, 0.3) is 0 Å². The molecule has 16 heavy (non-hydrogen) atoms. The first-order valence-corrected chi connectivity index (χ1v) is 5.13. The molecule has 0 aliphatic rings. The van der Waals surface area contributed by atoms with Crippen LogP contribution in [0, 0.1) is 6.92 Å². The lowest BCUT2D eigenvalue weighted by Crippen LogP contribution is -1.98. The predicted octanol–water partition coefficient (Wildman–Crippen LogP) is 3.14. The minimum absolute atomic E-state index is 0.735. The second-order valence-electron chi connectivity index (χ2n) is 3.49. The fourth-order valence-corrected chi connectivity index (χ4v) is 1.49. The molecule has 0 saturated carbocycles. The molecule has 3 heteroatoms. The van der Waals surface area contributed by atoms with Gasteiger partial charge in [-0.25, -0.2) is 4.98 Å². The number of para-hydroxylation sites is 1. The van der Waals surface area contributed by atoms with Crippen LogP contribution in [0.1, 0.15) is 5.56 Å². The normalized spacial score (nSPS) is 9.88. The summed E-state index contributed by atoms with van der Waals surface area (Å²) >= 11 is 0. The largest absolute Gasteiger partial charge is 0.493 e. The van der Waals surface area contributed by atoms with E-state index in [2.05, 4.69) is 23.3 Å². The van der Waals surface area contributed by atoms with Crippen LogP contribution in [-0.4, -0.2) is 12.1 Å². The molecule has 82 valence electrons. The van der Waals surface area contributed by atoms with Gasteiger partial charge in [-0.2, -0.15) is 0 Å². The van der Waals surface area contributed by atoms with Crippen molar-refractivity contribution in [2.24, 2.45) is 0 Å². The van der Waals surface area contributed by atoms with Crippen LogP contribution in [0.3, 0.4) is 0 Å². The highest BCUT2D eigenvalue weighted by Crippen LogP contribution is 2.25. The standard InChI is InChI=1S/C13H14N2O/c1-10-6-3-4-7-11(10)15-13-12(16-2)8-5-9-14-13/h3-9H,1-2H3,(H,14,15). The van der Waals surface area contributed by atoms with E-state index in [-0.39, 0.29) is 0 Å². The fourth-order valence-electron chi connectivity index (χ4n) is 1.49. The molecule has 3 nitrogen and oxygen atoms in total. The molecule has 2 rings (SSSR count). The smallest absolute Gasteiger partial charge is 0.173 e. The SMILES string of the molecule is COc1cccnc1Nc1ccccc1C. The Morgan fingerprint density at radius 1 is 1.12 bits per heavy atom. The van der Waals surface area contributed by atoms with Crippen LogP contribution in [0.2, 0.25) is 0 Å². The van der Waals surface area contributed by atoms with Crippen molar-refractivity contribution in [1.82, 2.24) is 4.98 Å². The number of benzene rings is 1. The summed E-state index contributed by atoms with van der Waals surface area (Å²) in [5.41, 5.74) is 2.22. The summed E-state index contributed by atoms with van der Waals surface area (Å²) in [6.45, 7) is 2.05. The number of ether oxygens (including phenoxy) is 1. The first-order chi connectivity index (χ1) is 7.81. The third-order valence-electron chi connectivity index (χ3n) is 2.39. The van der Waals surface area contributed by atoms with Gasteiger partial charge in [-0.15, -0.1) is 0 Å². The lowest BCUT2D eigenvalue weighted by Gasteiger charge is -2.11. The summed E-state index contributed by atoms with van der Waals surface area (Å²) in [6, 6.07) is 11.8. The van der Waals surface area contributed by atoms with E-state index in [1.165, 1.54) is 5.56 Å². The highest BCUT2D eigenvalue weighted by molar-refractivity contribution is 5.64. The van der Waals surface area contributed by atoms with Crippen molar-refractivity contribution in [1.29, 1.82) is 0 Å². The second-order valence-corrected chi connectivity index (χ2v) is 3.49. The van der Waals surface area contributed by atoms with Gasteiger partial charge in [0.05, 0.1) is 7.11 Å². The molecule has 0 fully saturated rings. The molecular formula is C13H14N2O. The van der Waals surface area contributed by atoms with E-state index in [0.717, 1.165) is 17.3 Å². The maximum absolute atomic E-state index is 5.23. The van der Waals surface area contributed by atoms with Crippen LogP contribution in [0.15, 0.2) is 42.6 Å². The van der Waals surface area contributed by atoms with E-state index in [0.29, 0.717) is 0 Å². The van der Waals surface area contributed by atoms with Crippen molar-refractivity contribution in [2.45, 2.75) is 6.92 Å². The van der Waals surface area contributed by atoms with Crippen molar-refractivity contribution in [3.63, 3.8) is 0 Å². The Hall–Kier alpha value is -2.03. The molecular weight excluding hydrogens is 200 g/mol. The summed E-state index contributed by atoms with van der Waals surface area (Å²) in [6.07, 6.45) is 1.74. The van der Waals surface area contributed by atoms with Crippen LogP contribution >= 0.6 is 0 Å². The molecule has 0 bridgehead atoms. The van der Waals surface area contributed by atoms with E-state index in [4.69, 9.17) is 4.74 Å². The molecule has 1 heterocycles. The van der Waals surface area contributed by atoms with E-state index in [1.807, 2.05) is 30.3 Å². The van der Waals surface area contributed by atoms with Crippen LogP contribution < -0.4 is 10.1 Å². The topological polar surface area (TPSA) is 34.1 Å². The number of methoxy groups -OCH3 is 1. The maximum Gasteiger partial charge on any atom is 0.173 e. The van der Waals surface area contributed by atoms with Crippen molar-refractivity contribution < 1.29 is 4.74 Å². The van der Waals surface area contributed by atoms with Crippen molar-refractivity contribution >= 4 is 11.5 Å². The van der Waals surface area contributed by atoms with Gasteiger partial charge < -0.3 is 10.1 Å². The Bertz CT molecular complexity index is 483. The zero-order chi connectivity index (χ0) is 11.4. The zero-order valence-corrected chi connectivity index (χ0v) is 9.40. The summed E-state index contributed by atoms with van der Waals surface area (Å²) in [7, 11) is 1.64. The summed E-state index contributed by atoms with van der Waals surface area (Å²) in [4.78, 5) is 4.25. The number of hydrogen-bond donors (Lipinski definition) is 1. The van der Waals surface area contributed by atoms with E-state index < -0.39 is 0 Å². The Balaban J connectivity index is 2.30. The number of hydrogen-bond acceptors (Lipinski definition) is 3. The monoisotopic (exact) mass is 214 g/mol. The van der Waals surface area contributed by atoms with Crippen LogP contribution in [0.4, 0.5) is 11.5 Å². The Morgan fingerprint density at radius 2 is 1.94 bits per heavy atom. The number of aromatic nitrogens is 1. The molecule has 2 aromatic rings. The molecule has 0 radical (unpaired) electrons. The maximum atomic E-state index is 5.23. The van der Waals surface area contributed by atoms with Crippen molar-refractivity contribution in [3.05, 3.63) is 48.2 Å². The number of aryl methyl sites for hydroxylation is 1. The highest BCUT2D eigenvalue weighted by atomic mass is 16.5. The van der Waals surface area contributed by atoms with Gasteiger partial charge in [0.2, 0.25) is 0 Å². The van der Waals surface area contributed by atoms with Gasteiger partial charge in [-0.05, 0) is 30.7 Å². The third-order valence-corrected chi connectivity index (χ3v) is 2.39. The quantitative estimate of drug-likeness (QED) is 0.852. The molecule has 0 aliphatic carbocycles.